The molecule has 1 aliphatic rings. The molecule has 190 valence electrons. The molecule has 12 heteroatoms. The van der Waals surface area contributed by atoms with Crippen LogP contribution in [0.3, 0.4) is 0 Å². The van der Waals surface area contributed by atoms with Crippen LogP contribution in [-0.2, 0) is 25.5 Å². The number of hydrogen-bond donors (Lipinski definition) is 3. The molecule has 1 aliphatic heterocycles. The molecule has 12 nitrogen and oxygen atoms in total. The predicted molar refractivity (Wildman–Crippen MR) is 124 cm³/mol. The molecule has 1 heterocycles. The third kappa shape index (κ3) is 7.09. The number of carbonyl (C=O) groups is 4. The number of esters is 1. The van der Waals surface area contributed by atoms with E-state index in [0.717, 1.165) is 5.56 Å². The van der Waals surface area contributed by atoms with Crippen molar-refractivity contribution in [2.45, 2.75) is 45.3 Å². The van der Waals surface area contributed by atoms with Gasteiger partial charge in [0.2, 0.25) is 0 Å². The van der Waals surface area contributed by atoms with Gasteiger partial charge in [0.05, 0.1) is 17.7 Å². The van der Waals surface area contributed by atoms with Gasteiger partial charge < -0.3 is 19.9 Å². The second-order valence-electron chi connectivity index (χ2n) is 8.89. The number of hydroxylamine groups is 2. The van der Waals surface area contributed by atoms with Gasteiger partial charge in [-0.15, -0.1) is 5.11 Å². The van der Waals surface area contributed by atoms with E-state index in [4.69, 9.17) is 9.47 Å². The number of nitrogens with one attached hydrogen (secondary N) is 1. The highest BCUT2D eigenvalue weighted by atomic mass is 16.6. The summed E-state index contributed by atoms with van der Waals surface area (Å²) in [5.74, 6) is -2.77. The number of rotatable bonds is 7. The van der Waals surface area contributed by atoms with Crippen molar-refractivity contribution in [2.24, 2.45) is 10.2 Å². The summed E-state index contributed by atoms with van der Waals surface area (Å²) in [6, 6.07) is 10.5. The summed E-state index contributed by atoms with van der Waals surface area (Å²) in [6.07, 6.45) is -1.84. The number of aromatic hydroxyl groups is 1. The quantitative estimate of drug-likeness (QED) is 0.225. The molecule has 1 saturated heterocycles. The van der Waals surface area contributed by atoms with E-state index >= 15 is 0 Å². The Morgan fingerprint density at radius 1 is 1.11 bits per heavy atom. The molecule has 3 N–H and O–H groups in total. The minimum atomic E-state index is -1.37. The van der Waals surface area contributed by atoms with Crippen LogP contribution in [0.25, 0.3) is 0 Å². The molecule has 1 fully saturated rings. The summed E-state index contributed by atoms with van der Waals surface area (Å²) in [5.41, 5.74) is 0.902. The molecule has 3 amide bonds. The van der Waals surface area contributed by atoms with Crippen molar-refractivity contribution < 1.29 is 39.0 Å². The van der Waals surface area contributed by atoms with Crippen LogP contribution in [0, 0.1) is 0 Å². The van der Waals surface area contributed by atoms with E-state index < -0.39 is 42.0 Å². The number of phenolic OH excluding ortho intramolecular Hbond substituents is 1. The number of phenols is 1. The van der Waals surface area contributed by atoms with Crippen molar-refractivity contribution in [1.82, 2.24) is 10.4 Å². The molecule has 0 saturated carbocycles. The van der Waals surface area contributed by atoms with Crippen LogP contribution in [0.2, 0.25) is 0 Å². The highest BCUT2D eigenvalue weighted by molar-refractivity contribution is 6.05. The largest absolute Gasteiger partial charge is 0.506 e. The lowest BCUT2D eigenvalue weighted by molar-refractivity contribution is -0.173. The van der Waals surface area contributed by atoms with E-state index in [-0.39, 0.29) is 22.1 Å². The first-order valence-electron chi connectivity index (χ1n) is 11.0. The number of nitrogens with zero attached hydrogens (tertiary/aromatic N) is 3. The van der Waals surface area contributed by atoms with Crippen LogP contribution in [-0.4, -0.2) is 57.5 Å². The minimum Gasteiger partial charge on any atom is -0.506 e. The number of benzene rings is 2. The van der Waals surface area contributed by atoms with Crippen LogP contribution in [0.1, 0.15) is 43.1 Å². The van der Waals surface area contributed by atoms with Crippen molar-refractivity contribution in [3.05, 3.63) is 53.6 Å². The molecule has 1 unspecified atom stereocenters. The Bertz CT molecular complexity index is 1190. The molecule has 36 heavy (non-hydrogen) atoms. The Morgan fingerprint density at radius 3 is 2.42 bits per heavy atom. The molecule has 1 atom stereocenters. The molecular formula is C24H26N4O8. The van der Waals surface area contributed by atoms with E-state index in [9.17, 15) is 29.5 Å². The molecule has 0 aromatic heterocycles. The molecular weight excluding hydrogens is 472 g/mol. The smallest absolute Gasteiger partial charge is 0.407 e. The van der Waals surface area contributed by atoms with E-state index in [1.54, 1.807) is 32.9 Å². The van der Waals surface area contributed by atoms with Gasteiger partial charge in [0, 0.05) is 6.54 Å². The van der Waals surface area contributed by atoms with Crippen molar-refractivity contribution in [3.8, 4) is 5.75 Å². The number of hydrogen-bond acceptors (Lipinski definition) is 10. The zero-order valence-corrected chi connectivity index (χ0v) is 19.9. The van der Waals surface area contributed by atoms with Crippen LogP contribution < -0.4 is 5.32 Å². The number of imide groups is 1. The number of amides is 3. The molecule has 0 aliphatic carbocycles. The summed E-state index contributed by atoms with van der Waals surface area (Å²) >= 11 is 0. The van der Waals surface area contributed by atoms with Gasteiger partial charge in [0.1, 0.15) is 17.0 Å². The lowest BCUT2D eigenvalue weighted by Crippen LogP contribution is -2.33. The predicted octanol–water partition coefficient (Wildman–Crippen LogP) is 3.55. The summed E-state index contributed by atoms with van der Waals surface area (Å²) in [6.45, 7) is 5.64. The molecule has 2 aromatic rings. The monoisotopic (exact) mass is 498 g/mol. The fourth-order valence-electron chi connectivity index (χ4n) is 3.08. The van der Waals surface area contributed by atoms with E-state index in [1.165, 1.54) is 30.3 Å². The molecule has 3 rings (SSSR count). The Balaban J connectivity index is 1.57. The fraction of sp³-hybridized carbons (Fsp3) is 0.333. The molecule has 0 spiro atoms. The SMILES string of the molecule is CC(C)(C)OC(=O)NCCc1ccc(O)c(/N=N/c2ccc(C(=O)OC3CC(=O)N(O)C3=O)cc2)c1. The van der Waals surface area contributed by atoms with Crippen LogP contribution in [0.5, 0.6) is 5.75 Å². The number of carbonyl (C=O) groups excluding carboxylic acids is 4. The Labute approximate surface area is 206 Å². The third-order valence-electron chi connectivity index (χ3n) is 4.83. The van der Waals surface area contributed by atoms with Gasteiger partial charge in [-0.1, -0.05) is 6.07 Å². The second kappa shape index (κ2) is 11.0. The van der Waals surface area contributed by atoms with Crippen LogP contribution in [0.15, 0.2) is 52.7 Å². The van der Waals surface area contributed by atoms with E-state index in [2.05, 4.69) is 15.5 Å². The number of azo groups is 1. The normalized spacial score (nSPS) is 15.9. The van der Waals surface area contributed by atoms with E-state index in [1.807, 2.05) is 0 Å². The summed E-state index contributed by atoms with van der Waals surface area (Å²) in [4.78, 5) is 46.9. The lowest BCUT2D eigenvalue weighted by atomic mass is 10.1. The van der Waals surface area contributed by atoms with Gasteiger partial charge in [-0.3, -0.25) is 14.8 Å². The first kappa shape index (κ1) is 26.3. The average Bonchev–Trinajstić information content (AvgIpc) is 3.04. The highest BCUT2D eigenvalue weighted by Gasteiger charge is 2.41. The number of alkyl carbamates (subject to hydrolysis) is 1. The van der Waals surface area contributed by atoms with Crippen molar-refractivity contribution in [3.63, 3.8) is 0 Å². The van der Waals surface area contributed by atoms with Gasteiger partial charge >= 0.3 is 12.1 Å². The zero-order chi connectivity index (χ0) is 26.5. The van der Waals surface area contributed by atoms with Gasteiger partial charge in [-0.05, 0) is 69.2 Å². The fourth-order valence-corrected chi connectivity index (χ4v) is 3.08. The van der Waals surface area contributed by atoms with Gasteiger partial charge in [-0.25, -0.2) is 9.59 Å². The molecule has 0 bridgehead atoms. The lowest BCUT2D eigenvalue weighted by Gasteiger charge is -2.19. The van der Waals surface area contributed by atoms with Crippen molar-refractivity contribution in [1.29, 1.82) is 0 Å². The molecule has 2 aromatic carbocycles. The molecule has 0 radical (unpaired) electrons. The standard InChI is InChI=1S/C24H26N4O8/c1-24(2,3)36-23(33)25-11-10-14-4-9-18(29)17(12-14)27-26-16-7-5-15(6-8-16)22(32)35-19-13-20(30)28(34)21(19)31/h4-9,12,19,29,34H,10-11,13H2,1-3H3,(H,25,33)/b27-26+. The van der Waals surface area contributed by atoms with Crippen molar-refractivity contribution in [2.75, 3.05) is 6.54 Å². The maximum absolute atomic E-state index is 12.2. The van der Waals surface area contributed by atoms with Crippen LogP contribution >= 0.6 is 0 Å². The maximum atomic E-state index is 12.2. The second-order valence-corrected chi connectivity index (χ2v) is 8.89. The van der Waals surface area contributed by atoms with E-state index in [0.29, 0.717) is 18.7 Å². The topological polar surface area (TPSA) is 167 Å². The summed E-state index contributed by atoms with van der Waals surface area (Å²) < 4.78 is 10.2. The summed E-state index contributed by atoms with van der Waals surface area (Å²) in [5, 5.41) is 30.0. The van der Waals surface area contributed by atoms with Gasteiger partial charge in [0.25, 0.3) is 11.8 Å². The average molecular weight is 498 g/mol. The van der Waals surface area contributed by atoms with Gasteiger partial charge in [0.15, 0.2) is 6.10 Å². The first-order valence-corrected chi connectivity index (χ1v) is 11.0. The summed E-state index contributed by atoms with van der Waals surface area (Å²) in [7, 11) is 0. The highest BCUT2D eigenvalue weighted by Crippen LogP contribution is 2.29. The Morgan fingerprint density at radius 2 is 1.81 bits per heavy atom. The Kier molecular flexibility index (Phi) is 8.00. The zero-order valence-electron chi connectivity index (χ0n) is 19.9. The first-order chi connectivity index (χ1) is 16.9. The van der Waals surface area contributed by atoms with Gasteiger partial charge in [-0.2, -0.15) is 10.2 Å². The number of ether oxygens (including phenoxy) is 2. The van der Waals surface area contributed by atoms with Crippen LogP contribution in [0.4, 0.5) is 16.2 Å². The van der Waals surface area contributed by atoms with Crippen molar-refractivity contribution >= 4 is 35.3 Å². The Hall–Kier alpha value is -4.32. The third-order valence-corrected chi connectivity index (χ3v) is 4.83. The minimum absolute atomic E-state index is 0.0661. The maximum Gasteiger partial charge on any atom is 0.407 e.